The van der Waals surface area contributed by atoms with E-state index in [9.17, 15) is 9.59 Å². The van der Waals surface area contributed by atoms with Crippen LogP contribution in [0, 0.1) is 19.8 Å². The van der Waals surface area contributed by atoms with Gasteiger partial charge >= 0.3 is 0 Å². The van der Waals surface area contributed by atoms with Gasteiger partial charge in [0.15, 0.2) is 0 Å². The van der Waals surface area contributed by atoms with Crippen molar-refractivity contribution in [3.05, 3.63) is 57.9 Å². The van der Waals surface area contributed by atoms with Crippen LogP contribution in [0.25, 0.3) is 6.08 Å². The Morgan fingerprint density at radius 2 is 1.80 bits per heavy atom. The lowest BCUT2D eigenvalue weighted by molar-refractivity contribution is -0.137. The molecule has 2 aromatic rings. The number of likely N-dealkylation sites (tertiary alicyclic amines) is 1. The second-order valence-electron chi connectivity index (χ2n) is 8.10. The Hall–Kier alpha value is -2.60. The van der Waals surface area contributed by atoms with E-state index in [4.69, 9.17) is 11.6 Å². The summed E-state index contributed by atoms with van der Waals surface area (Å²) in [4.78, 5) is 28.1. The van der Waals surface area contributed by atoms with Crippen molar-refractivity contribution in [1.29, 1.82) is 0 Å². The first-order valence-corrected chi connectivity index (χ1v) is 10.6. The number of halogens is 1. The van der Waals surface area contributed by atoms with Gasteiger partial charge in [-0.15, -0.1) is 0 Å². The molecule has 1 aliphatic rings. The fourth-order valence-corrected chi connectivity index (χ4v) is 4.00. The first-order valence-electron chi connectivity index (χ1n) is 10.2. The van der Waals surface area contributed by atoms with E-state index < -0.39 is 0 Å². The van der Waals surface area contributed by atoms with Gasteiger partial charge in [0, 0.05) is 44.7 Å². The van der Waals surface area contributed by atoms with E-state index in [0.717, 1.165) is 16.8 Å². The SMILES string of the molecule is Cc1ccc(Cn2nc(C)c(/C=C/C(=O)N3CCC(C(=O)N(C)C)CC3)c2Cl)cc1. The Bertz CT molecular complexity index is 939. The van der Waals surface area contributed by atoms with Crippen molar-refractivity contribution in [2.75, 3.05) is 27.2 Å². The Morgan fingerprint density at radius 1 is 1.17 bits per heavy atom. The minimum absolute atomic E-state index is 0.00437. The zero-order valence-corrected chi connectivity index (χ0v) is 18.8. The van der Waals surface area contributed by atoms with Crippen LogP contribution in [0.15, 0.2) is 30.3 Å². The summed E-state index contributed by atoms with van der Waals surface area (Å²) >= 11 is 6.55. The fourth-order valence-electron chi connectivity index (χ4n) is 3.70. The number of hydrogen-bond donors (Lipinski definition) is 0. The van der Waals surface area contributed by atoms with Crippen LogP contribution in [0.2, 0.25) is 5.15 Å². The maximum atomic E-state index is 12.6. The van der Waals surface area contributed by atoms with Gasteiger partial charge in [0.25, 0.3) is 0 Å². The molecule has 0 bridgehead atoms. The number of hydrogen-bond acceptors (Lipinski definition) is 3. The van der Waals surface area contributed by atoms with Crippen LogP contribution in [0.3, 0.4) is 0 Å². The molecule has 160 valence electrons. The summed E-state index contributed by atoms with van der Waals surface area (Å²) in [5.41, 5.74) is 3.87. The van der Waals surface area contributed by atoms with Crippen molar-refractivity contribution >= 4 is 29.5 Å². The molecule has 6 nitrogen and oxygen atoms in total. The van der Waals surface area contributed by atoms with E-state index in [1.54, 1.807) is 40.7 Å². The van der Waals surface area contributed by atoms with Crippen LogP contribution in [0.4, 0.5) is 0 Å². The van der Waals surface area contributed by atoms with Gasteiger partial charge in [-0.05, 0) is 38.3 Å². The molecule has 3 rings (SSSR count). The molecule has 0 unspecified atom stereocenters. The van der Waals surface area contributed by atoms with Crippen molar-refractivity contribution in [2.24, 2.45) is 5.92 Å². The molecule has 2 amide bonds. The highest BCUT2D eigenvalue weighted by molar-refractivity contribution is 6.31. The highest BCUT2D eigenvalue weighted by atomic mass is 35.5. The van der Waals surface area contributed by atoms with Crippen LogP contribution in [0.1, 0.15) is 35.2 Å². The van der Waals surface area contributed by atoms with Gasteiger partial charge in [0.2, 0.25) is 11.8 Å². The molecular formula is C23H29ClN4O2. The van der Waals surface area contributed by atoms with Crippen LogP contribution < -0.4 is 0 Å². The summed E-state index contributed by atoms with van der Waals surface area (Å²) in [5.74, 6) is 0.0817. The van der Waals surface area contributed by atoms with Gasteiger partial charge in [-0.3, -0.25) is 9.59 Å². The molecule has 0 spiro atoms. The maximum absolute atomic E-state index is 12.6. The van der Waals surface area contributed by atoms with Crippen LogP contribution in [-0.4, -0.2) is 58.6 Å². The first kappa shape index (κ1) is 22.1. The zero-order chi connectivity index (χ0) is 21.8. The number of amides is 2. The molecule has 7 heteroatoms. The third-order valence-corrected chi connectivity index (χ3v) is 5.95. The standard InChI is InChI=1S/C23H29ClN4O2/c1-16-5-7-18(8-6-16)15-28-22(24)20(17(2)25-28)9-10-21(29)27-13-11-19(12-14-27)23(30)26(3)4/h5-10,19H,11-15H2,1-4H3/b10-9+. The average molecular weight is 429 g/mol. The summed E-state index contributed by atoms with van der Waals surface area (Å²) in [5, 5.41) is 5.05. The number of carbonyl (C=O) groups is 2. The third kappa shape index (κ3) is 5.11. The summed E-state index contributed by atoms with van der Waals surface area (Å²) in [6.45, 7) is 5.70. The normalized spacial score (nSPS) is 15.0. The van der Waals surface area contributed by atoms with E-state index in [1.165, 1.54) is 5.56 Å². The summed E-state index contributed by atoms with van der Waals surface area (Å²) in [6, 6.07) is 8.25. The number of aryl methyl sites for hydroxylation is 2. The van der Waals surface area contributed by atoms with Crippen molar-refractivity contribution in [1.82, 2.24) is 19.6 Å². The molecule has 0 aliphatic carbocycles. The summed E-state index contributed by atoms with van der Waals surface area (Å²) < 4.78 is 1.75. The smallest absolute Gasteiger partial charge is 0.246 e. The van der Waals surface area contributed by atoms with E-state index in [-0.39, 0.29) is 17.7 Å². The topological polar surface area (TPSA) is 58.4 Å². The van der Waals surface area contributed by atoms with Crippen LogP contribution in [0.5, 0.6) is 0 Å². The molecule has 0 atom stereocenters. The van der Waals surface area contributed by atoms with Crippen molar-refractivity contribution in [3.63, 3.8) is 0 Å². The van der Waals surface area contributed by atoms with E-state index in [0.29, 0.717) is 37.6 Å². The van der Waals surface area contributed by atoms with Crippen molar-refractivity contribution in [3.8, 4) is 0 Å². The highest BCUT2D eigenvalue weighted by Gasteiger charge is 2.27. The first-order chi connectivity index (χ1) is 14.3. The molecule has 2 heterocycles. The maximum Gasteiger partial charge on any atom is 0.246 e. The molecular weight excluding hydrogens is 400 g/mol. The second-order valence-corrected chi connectivity index (χ2v) is 8.46. The van der Waals surface area contributed by atoms with Gasteiger partial charge in [-0.25, -0.2) is 4.68 Å². The van der Waals surface area contributed by atoms with Gasteiger partial charge in [0.05, 0.1) is 12.2 Å². The lowest BCUT2D eigenvalue weighted by Gasteiger charge is -2.31. The lowest BCUT2D eigenvalue weighted by Crippen LogP contribution is -2.42. The van der Waals surface area contributed by atoms with Gasteiger partial charge in [-0.1, -0.05) is 41.4 Å². The molecule has 1 saturated heterocycles. The van der Waals surface area contributed by atoms with Crippen LogP contribution in [-0.2, 0) is 16.1 Å². The zero-order valence-electron chi connectivity index (χ0n) is 18.1. The van der Waals surface area contributed by atoms with Crippen molar-refractivity contribution in [2.45, 2.75) is 33.2 Å². The largest absolute Gasteiger partial charge is 0.349 e. The van der Waals surface area contributed by atoms with E-state index in [2.05, 4.69) is 36.3 Å². The number of aromatic nitrogens is 2. The number of carbonyl (C=O) groups excluding carboxylic acids is 2. The Labute approximate surface area is 183 Å². The quantitative estimate of drug-likeness (QED) is 0.684. The third-order valence-electron chi connectivity index (χ3n) is 5.55. The van der Waals surface area contributed by atoms with Gasteiger partial charge < -0.3 is 9.80 Å². The summed E-state index contributed by atoms with van der Waals surface area (Å²) in [6.07, 6.45) is 4.70. The molecule has 1 fully saturated rings. The molecule has 0 radical (unpaired) electrons. The Morgan fingerprint density at radius 3 is 2.40 bits per heavy atom. The minimum atomic E-state index is -0.0625. The van der Waals surface area contributed by atoms with Crippen LogP contribution >= 0.6 is 11.6 Å². The predicted molar refractivity (Wildman–Crippen MR) is 119 cm³/mol. The Balaban J connectivity index is 1.63. The monoisotopic (exact) mass is 428 g/mol. The number of piperidine rings is 1. The molecule has 1 aromatic carbocycles. The molecule has 30 heavy (non-hydrogen) atoms. The fraction of sp³-hybridized carbons (Fsp3) is 0.435. The van der Waals surface area contributed by atoms with Gasteiger partial charge in [-0.2, -0.15) is 5.10 Å². The number of rotatable bonds is 5. The number of nitrogens with zero attached hydrogens (tertiary/aromatic N) is 4. The average Bonchev–Trinajstić information content (AvgIpc) is 3.00. The van der Waals surface area contributed by atoms with E-state index >= 15 is 0 Å². The summed E-state index contributed by atoms with van der Waals surface area (Å²) in [7, 11) is 3.54. The lowest BCUT2D eigenvalue weighted by atomic mass is 9.95. The predicted octanol–water partition coefficient (Wildman–Crippen LogP) is 3.54. The molecule has 0 saturated carbocycles. The molecule has 1 aliphatic heterocycles. The van der Waals surface area contributed by atoms with Crippen molar-refractivity contribution < 1.29 is 9.59 Å². The molecule has 1 aromatic heterocycles. The highest BCUT2D eigenvalue weighted by Crippen LogP contribution is 2.23. The van der Waals surface area contributed by atoms with E-state index in [1.807, 2.05) is 6.92 Å². The minimum Gasteiger partial charge on any atom is -0.349 e. The van der Waals surface area contributed by atoms with Gasteiger partial charge in [0.1, 0.15) is 5.15 Å². The second kappa shape index (κ2) is 9.47. The Kier molecular flexibility index (Phi) is 6.98. The number of benzene rings is 1. The molecule has 0 N–H and O–H groups in total.